The van der Waals surface area contributed by atoms with Crippen molar-refractivity contribution in [3.05, 3.63) is 0 Å². The van der Waals surface area contributed by atoms with Crippen molar-refractivity contribution in [3.63, 3.8) is 0 Å². The SMILES string of the molecule is CCOP(=O)(O)OCCCNCCNCCNCCNC(=O)OC(C)(C)C. The van der Waals surface area contributed by atoms with Crippen molar-refractivity contribution in [2.24, 2.45) is 0 Å². The van der Waals surface area contributed by atoms with Crippen LogP contribution < -0.4 is 21.3 Å². The summed E-state index contributed by atoms with van der Waals surface area (Å²) in [5.74, 6) is 0. The molecule has 0 bridgehead atoms. The van der Waals surface area contributed by atoms with Crippen LogP contribution in [0.1, 0.15) is 34.1 Å². The number of alkyl carbamates (subject to hydrolysis) is 1. The maximum absolute atomic E-state index is 11.4. The van der Waals surface area contributed by atoms with Crippen LogP contribution in [0, 0.1) is 0 Å². The van der Waals surface area contributed by atoms with Gasteiger partial charge in [-0.3, -0.25) is 9.05 Å². The molecule has 1 atom stereocenters. The number of rotatable bonds is 16. The summed E-state index contributed by atoms with van der Waals surface area (Å²) in [6, 6.07) is 0. The Labute approximate surface area is 162 Å². The van der Waals surface area contributed by atoms with Crippen LogP contribution in [0.2, 0.25) is 0 Å². The quantitative estimate of drug-likeness (QED) is 0.185. The maximum atomic E-state index is 11.4. The molecular formula is C16H37N4O6P. The van der Waals surface area contributed by atoms with Crippen molar-refractivity contribution in [2.75, 3.05) is 59.0 Å². The van der Waals surface area contributed by atoms with Crippen LogP contribution in [0.4, 0.5) is 4.79 Å². The molecule has 27 heavy (non-hydrogen) atoms. The van der Waals surface area contributed by atoms with Gasteiger partial charge in [-0.15, -0.1) is 0 Å². The molecule has 0 aromatic carbocycles. The van der Waals surface area contributed by atoms with Crippen LogP contribution in [-0.2, 0) is 18.3 Å². The topological polar surface area (TPSA) is 130 Å². The molecule has 11 heteroatoms. The molecular weight excluding hydrogens is 375 g/mol. The minimum Gasteiger partial charge on any atom is -0.444 e. The highest BCUT2D eigenvalue weighted by Gasteiger charge is 2.18. The molecule has 0 saturated carbocycles. The predicted octanol–water partition coefficient (Wildman–Crippen LogP) is 0.824. The number of carbonyl (C=O) groups is 1. The summed E-state index contributed by atoms with van der Waals surface area (Å²) in [5.41, 5.74) is -0.479. The zero-order valence-corrected chi connectivity index (χ0v) is 17.9. The van der Waals surface area contributed by atoms with Gasteiger partial charge in [0, 0.05) is 39.3 Å². The van der Waals surface area contributed by atoms with Crippen LogP contribution in [0.25, 0.3) is 0 Å². The highest BCUT2D eigenvalue weighted by Crippen LogP contribution is 2.42. The van der Waals surface area contributed by atoms with Crippen molar-refractivity contribution in [1.82, 2.24) is 21.3 Å². The summed E-state index contributed by atoms with van der Waals surface area (Å²) in [6.45, 7) is 12.6. The fourth-order valence-electron chi connectivity index (χ4n) is 1.87. The molecule has 0 saturated heterocycles. The molecule has 0 aliphatic heterocycles. The summed E-state index contributed by atoms with van der Waals surface area (Å²) in [4.78, 5) is 20.6. The van der Waals surface area contributed by atoms with Gasteiger partial charge in [0.1, 0.15) is 5.60 Å². The van der Waals surface area contributed by atoms with Crippen LogP contribution in [-0.4, -0.2) is 75.6 Å². The van der Waals surface area contributed by atoms with Crippen LogP contribution in [0.5, 0.6) is 0 Å². The van der Waals surface area contributed by atoms with Crippen LogP contribution in [0.3, 0.4) is 0 Å². The number of phosphoric acid groups is 1. The smallest absolute Gasteiger partial charge is 0.444 e. The number of hydrogen-bond donors (Lipinski definition) is 5. The highest BCUT2D eigenvalue weighted by molar-refractivity contribution is 7.47. The molecule has 0 rings (SSSR count). The van der Waals surface area contributed by atoms with Crippen molar-refractivity contribution in [3.8, 4) is 0 Å². The van der Waals surface area contributed by atoms with Gasteiger partial charge < -0.3 is 30.9 Å². The summed E-state index contributed by atoms with van der Waals surface area (Å²) in [7, 11) is -3.87. The zero-order chi connectivity index (χ0) is 20.6. The van der Waals surface area contributed by atoms with Crippen LogP contribution >= 0.6 is 7.82 Å². The highest BCUT2D eigenvalue weighted by atomic mass is 31.2. The normalized spacial score (nSPS) is 14.0. The summed E-state index contributed by atoms with van der Waals surface area (Å²) >= 11 is 0. The molecule has 1 amide bonds. The van der Waals surface area contributed by atoms with E-state index in [4.69, 9.17) is 9.26 Å². The van der Waals surface area contributed by atoms with Crippen LogP contribution in [0.15, 0.2) is 0 Å². The van der Waals surface area contributed by atoms with E-state index in [9.17, 15) is 14.3 Å². The van der Waals surface area contributed by atoms with E-state index in [1.807, 2.05) is 20.8 Å². The first-order chi connectivity index (χ1) is 12.7. The van der Waals surface area contributed by atoms with Gasteiger partial charge in [-0.2, -0.15) is 0 Å². The fourth-order valence-corrected chi connectivity index (χ4v) is 2.63. The Morgan fingerprint density at radius 1 is 0.926 bits per heavy atom. The Bertz CT molecular complexity index is 434. The van der Waals surface area contributed by atoms with Gasteiger partial charge >= 0.3 is 13.9 Å². The van der Waals surface area contributed by atoms with Gasteiger partial charge in [-0.25, -0.2) is 9.36 Å². The van der Waals surface area contributed by atoms with Gasteiger partial charge in [0.15, 0.2) is 0 Å². The largest absolute Gasteiger partial charge is 0.472 e. The van der Waals surface area contributed by atoms with E-state index in [-0.39, 0.29) is 13.2 Å². The molecule has 0 aliphatic carbocycles. The van der Waals surface area contributed by atoms with Gasteiger partial charge in [-0.05, 0) is 40.7 Å². The van der Waals surface area contributed by atoms with E-state index in [1.165, 1.54) is 0 Å². The zero-order valence-electron chi connectivity index (χ0n) is 17.0. The summed E-state index contributed by atoms with van der Waals surface area (Å²) in [6.07, 6.45) is 0.225. The lowest BCUT2D eigenvalue weighted by Crippen LogP contribution is -2.38. The first kappa shape index (κ1) is 26.3. The monoisotopic (exact) mass is 412 g/mol. The Morgan fingerprint density at radius 2 is 1.44 bits per heavy atom. The molecule has 0 radical (unpaired) electrons. The second-order valence-corrected chi connectivity index (χ2v) is 8.21. The lowest BCUT2D eigenvalue weighted by molar-refractivity contribution is 0.0528. The van der Waals surface area contributed by atoms with Crippen molar-refractivity contribution >= 4 is 13.9 Å². The molecule has 0 aromatic rings. The number of carbonyl (C=O) groups excluding carboxylic acids is 1. The Morgan fingerprint density at radius 3 is 1.96 bits per heavy atom. The van der Waals surface area contributed by atoms with Gasteiger partial charge in [0.05, 0.1) is 13.2 Å². The fraction of sp³-hybridized carbons (Fsp3) is 0.938. The van der Waals surface area contributed by atoms with Gasteiger partial charge in [-0.1, -0.05) is 0 Å². The molecule has 0 aliphatic rings. The standard InChI is InChI=1S/C16H37N4O6P/c1-5-24-27(22,23)25-14-6-7-17-8-9-18-10-11-19-12-13-20-15(21)26-16(2,3)4/h17-19H,5-14H2,1-4H3,(H,20,21)(H,22,23). The number of ether oxygens (including phenoxy) is 1. The second kappa shape index (κ2) is 15.2. The third-order valence-corrected chi connectivity index (χ3v) is 4.07. The van der Waals surface area contributed by atoms with E-state index in [2.05, 4.69) is 25.8 Å². The minimum atomic E-state index is -3.87. The first-order valence-electron chi connectivity index (χ1n) is 9.37. The first-order valence-corrected chi connectivity index (χ1v) is 10.9. The lowest BCUT2D eigenvalue weighted by atomic mass is 10.2. The van der Waals surface area contributed by atoms with Gasteiger partial charge in [0.25, 0.3) is 0 Å². The third-order valence-electron chi connectivity index (χ3n) is 2.97. The lowest BCUT2D eigenvalue weighted by Gasteiger charge is -2.19. The summed E-state index contributed by atoms with van der Waals surface area (Å²) in [5, 5.41) is 12.4. The number of nitrogens with one attached hydrogen (secondary N) is 4. The molecule has 1 unspecified atom stereocenters. The maximum Gasteiger partial charge on any atom is 0.472 e. The van der Waals surface area contributed by atoms with E-state index in [0.717, 1.165) is 26.2 Å². The average molecular weight is 412 g/mol. The Hall–Kier alpha value is -0.740. The van der Waals surface area contributed by atoms with Crippen molar-refractivity contribution < 1.29 is 28.0 Å². The Kier molecular flexibility index (Phi) is 14.8. The van der Waals surface area contributed by atoms with Crippen molar-refractivity contribution in [1.29, 1.82) is 0 Å². The number of hydrogen-bond acceptors (Lipinski definition) is 8. The van der Waals surface area contributed by atoms with Gasteiger partial charge in [0.2, 0.25) is 0 Å². The molecule has 0 aromatic heterocycles. The molecule has 162 valence electrons. The molecule has 0 fully saturated rings. The summed E-state index contributed by atoms with van der Waals surface area (Å²) < 4.78 is 25.8. The Balaban J connectivity index is 3.28. The van der Waals surface area contributed by atoms with E-state index < -0.39 is 19.5 Å². The molecule has 0 heterocycles. The molecule has 10 nitrogen and oxygen atoms in total. The third kappa shape index (κ3) is 19.8. The average Bonchev–Trinajstić information content (AvgIpc) is 2.53. The van der Waals surface area contributed by atoms with E-state index >= 15 is 0 Å². The second-order valence-electron chi connectivity index (χ2n) is 6.75. The molecule has 5 N–H and O–H groups in total. The predicted molar refractivity (Wildman–Crippen MR) is 105 cm³/mol. The van der Waals surface area contributed by atoms with E-state index in [0.29, 0.717) is 26.1 Å². The number of amides is 1. The molecule has 0 spiro atoms. The van der Waals surface area contributed by atoms with Crippen molar-refractivity contribution in [2.45, 2.75) is 39.7 Å². The minimum absolute atomic E-state index is 0.146. The van der Waals surface area contributed by atoms with E-state index in [1.54, 1.807) is 6.92 Å². The number of phosphoric ester groups is 1.